The number of quaternary nitrogens is 1. The number of nitro groups is 1. The summed E-state index contributed by atoms with van der Waals surface area (Å²) in [5, 5.41) is 13.9. The van der Waals surface area contributed by atoms with Gasteiger partial charge in [-0.2, -0.15) is 0 Å². The van der Waals surface area contributed by atoms with Crippen molar-refractivity contribution in [3.8, 4) is 0 Å². The maximum atomic E-state index is 10.6. The van der Waals surface area contributed by atoms with Crippen molar-refractivity contribution >= 4 is 23.0 Å². The third-order valence-electron chi connectivity index (χ3n) is 1.67. The average molecular weight is 217 g/mol. The molecule has 0 saturated carbocycles. The van der Waals surface area contributed by atoms with E-state index in [1.807, 2.05) is 0 Å². The summed E-state index contributed by atoms with van der Waals surface area (Å²) in [5.74, 6) is 0. The Hall–Kier alpha value is -1.33. The number of anilines is 1. The number of para-hydroxylation sites is 1. The third-order valence-corrected chi connectivity index (χ3v) is 1.98. The molecular weight excluding hydrogens is 206 g/mol. The highest BCUT2D eigenvalue weighted by Crippen LogP contribution is 2.31. The molecule has 0 aliphatic heterocycles. The molecule has 6 heteroatoms. The van der Waals surface area contributed by atoms with E-state index in [2.05, 4.69) is 11.1 Å². The topological polar surface area (TPSA) is 82.8 Å². The zero-order valence-electron chi connectivity index (χ0n) is 7.50. The number of nitrogens with zero attached hydrogens (tertiary/aromatic N) is 1. The molecule has 1 aromatic carbocycles. The summed E-state index contributed by atoms with van der Waals surface area (Å²) in [7, 11) is 0. The van der Waals surface area contributed by atoms with Gasteiger partial charge >= 0.3 is 0 Å². The Morgan fingerprint density at radius 2 is 2.29 bits per heavy atom. The van der Waals surface area contributed by atoms with Crippen molar-refractivity contribution in [1.82, 2.24) is 0 Å². The van der Waals surface area contributed by atoms with E-state index in [1.54, 1.807) is 12.1 Å². The van der Waals surface area contributed by atoms with Crippen LogP contribution in [-0.4, -0.2) is 18.0 Å². The maximum absolute atomic E-state index is 10.6. The van der Waals surface area contributed by atoms with Crippen molar-refractivity contribution in [2.45, 2.75) is 0 Å². The van der Waals surface area contributed by atoms with Crippen LogP contribution in [0.5, 0.6) is 0 Å². The summed E-state index contributed by atoms with van der Waals surface area (Å²) < 4.78 is 0. The van der Waals surface area contributed by atoms with E-state index >= 15 is 0 Å². The van der Waals surface area contributed by atoms with Crippen LogP contribution < -0.4 is 11.1 Å². The Bertz CT molecular complexity index is 343. The summed E-state index contributed by atoms with van der Waals surface area (Å²) in [5.41, 5.74) is 3.98. The van der Waals surface area contributed by atoms with E-state index < -0.39 is 4.92 Å². The van der Waals surface area contributed by atoms with Gasteiger partial charge in [-0.15, -0.1) is 0 Å². The molecule has 0 radical (unpaired) electrons. The molecule has 0 aromatic heterocycles. The quantitative estimate of drug-likeness (QED) is 0.580. The van der Waals surface area contributed by atoms with Crippen LogP contribution in [0.15, 0.2) is 18.2 Å². The Morgan fingerprint density at radius 1 is 1.57 bits per heavy atom. The minimum absolute atomic E-state index is 0.00838. The van der Waals surface area contributed by atoms with Gasteiger partial charge in [0.2, 0.25) is 0 Å². The molecular formula is C8H11ClN3O2+. The SMILES string of the molecule is [NH3+]CCNc1c(Cl)cccc1[N+](=O)[O-]. The first-order chi connectivity index (χ1) is 6.66. The van der Waals surface area contributed by atoms with Gasteiger partial charge in [-0.25, -0.2) is 0 Å². The lowest BCUT2D eigenvalue weighted by molar-refractivity contribution is -0.384. The van der Waals surface area contributed by atoms with Gasteiger partial charge in [-0.3, -0.25) is 10.1 Å². The van der Waals surface area contributed by atoms with Crippen LogP contribution >= 0.6 is 11.6 Å². The standard InChI is InChI=1S/C8H10ClN3O2/c9-6-2-1-3-7(12(13)14)8(6)11-5-4-10/h1-3,11H,4-5,10H2/p+1. The van der Waals surface area contributed by atoms with Gasteiger partial charge in [-0.1, -0.05) is 17.7 Å². The normalized spacial score (nSPS) is 9.86. The molecule has 5 nitrogen and oxygen atoms in total. The highest BCUT2D eigenvalue weighted by Gasteiger charge is 2.15. The predicted molar refractivity (Wildman–Crippen MR) is 54.4 cm³/mol. The van der Waals surface area contributed by atoms with Crippen molar-refractivity contribution in [3.63, 3.8) is 0 Å². The second-order valence-electron chi connectivity index (χ2n) is 2.67. The minimum atomic E-state index is -0.461. The lowest BCUT2D eigenvalue weighted by atomic mass is 10.2. The van der Waals surface area contributed by atoms with Crippen molar-refractivity contribution < 1.29 is 10.7 Å². The van der Waals surface area contributed by atoms with E-state index in [9.17, 15) is 10.1 Å². The van der Waals surface area contributed by atoms with Crippen molar-refractivity contribution in [1.29, 1.82) is 0 Å². The highest BCUT2D eigenvalue weighted by atomic mass is 35.5. The summed E-state index contributed by atoms with van der Waals surface area (Å²) >= 11 is 5.82. The van der Waals surface area contributed by atoms with E-state index in [-0.39, 0.29) is 5.69 Å². The van der Waals surface area contributed by atoms with Gasteiger partial charge in [0.15, 0.2) is 0 Å². The van der Waals surface area contributed by atoms with Crippen LogP contribution in [0.4, 0.5) is 11.4 Å². The molecule has 0 aliphatic carbocycles. The summed E-state index contributed by atoms with van der Waals surface area (Å²) in [6.07, 6.45) is 0. The molecule has 0 heterocycles. The first-order valence-electron chi connectivity index (χ1n) is 4.13. The van der Waals surface area contributed by atoms with Gasteiger partial charge in [0.25, 0.3) is 5.69 Å². The highest BCUT2D eigenvalue weighted by molar-refractivity contribution is 6.33. The second-order valence-corrected chi connectivity index (χ2v) is 3.08. The number of halogens is 1. The van der Waals surface area contributed by atoms with Crippen molar-refractivity contribution in [2.24, 2.45) is 0 Å². The molecule has 76 valence electrons. The van der Waals surface area contributed by atoms with E-state index in [1.165, 1.54) is 6.07 Å². The van der Waals surface area contributed by atoms with Crippen LogP contribution in [0, 0.1) is 10.1 Å². The number of rotatable bonds is 4. The van der Waals surface area contributed by atoms with Gasteiger partial charge in [0, 0.05) is 6.07 Å². The largest absolute Gasteiger partial charge is 0.373 e. The Labute approximate surface area is 86.0 Å². The Kier molecular flexibility index (Phi) is 3.67. The summed E-state index contributed by atoms with van der Waals surface area (Å²) in [6, 6.07) is 4.58. The molecule has 0 amide bonds. The number of hydrogen-bond donors (Lipinski definition) is 2. The van der Waals surface area contributed by atoms with Gasteiger partial charge in [0.05, 0.1) is 23.0 Å². The number of nitrogens with one attached hydrogen (secondary N) is 1. The van der Waals surface area contributed by atoms with Crippen LogP contribution in [0.25, 0.3) is 0 Å². The van der Waals surface area contributed by atoms with Gasteiger partial charge in [-0.05, 0) is 6.07 Å². The zero-order chi connectivity index (χ0) is 10.6. The first-order valence-corrected chi connectivity index (χ1v) is 4.50. The molecule has 4 N–H and O–H groups in total. The fraction of sp³-hybridized carbons (Fsp3) is 0.250. The van der Waals surface area contributed by atoms with E-state index in [0.29, 0.717) is 23.8 Å². The van der Waals surface area contributed by atoms with Crippen molar-refractivity contribution in [2.75, 3.05) is 18.4 Å². The zero-order valence-corrected chi connectivity index (χ0v) is 8.25. The molecule has 0 unspecified atom stereocenters. The fourth-order valence-electron chi connectivity index (χ4n) is 1.05. The van der Waals surface area contributed by atoms with Gasteiger partial charge in [0.1, 0.15) is 5.69 Å². The lowest BCUT2D eigenvalue weighted by Crippen LogP contribution is -2.53. The van der Waals surface area contributed by atoms with Gasteiger partial charge < -0.3 is 11.1 Å². The molecule has 1 rings (SSSR count). The first kappa shape index (κ1) is 10.7. The molecule has 0 spiro atoms. The number of benzene rings is 1. The average Bonchev–Trinajstić information content (AvgIpc) is 2.15. The smallest absolute Gasteiger partial charge is 0.293 e. The summed E-state index contributed by atoms with van der Waals surface area (Å²) in [4.78, 5) is 10.2. The monoisotopic (exact) mass is 216 g/mol. The molecule has 0 fully saturated rings. The minimum Gasteiger partial charge on any atom is -0.373 e. The molecule has 0 aliphatic rings. The lowest BCUT2D eigenvalue weighted by Gasteiger charge is -2.06. The molecule has 1 aromatic rings. The van der Waals surface area contributed by atoms with E-state index in [0.717, 1.165) is 0 Å². The van der Waals surface area contributed by atoms with Crippen LogP contribution in [0.1, 0.15) is 0 Å². The van der Waals surface area contributed by atoms with Crippen molar-refractivity contribution in [3.05, 3.63) is 33.3 Å². The number of hydrogen-bond acceptors (Lipinski definition) is 3. The predicted octanol–water partition coefficient (Wildman–Crippen LogP) is 0.902. The molecule has 0 saturated heterocycles. The number of nitro benzene ring substituents is 1. The maximum Gasteiger partial charge on any atom is 0.293 e. The van der Waals surface area contributed by atoms with Crippen LogP contribution in [0.2, 0.25) is 5.02 Å². The Morgan fingerprint density at radius 3 is 2.86 bits per heavy atom. The van der Waals surface area contributed by atoms with Crippen LogP contribution in [-0.2, 0) is 0 Å². The molecule has 14 heavy (non-hydrogen) atoms. The third kappa shape index (κ3) is 2.34. The van der Waals surface area contributed by atoms with E-state index in [4.69, 9.17) is 11.6 Å². The Balaban J connectivity index is 3.02. The molecule has 0 bridgehead atoms. The fourth-order valence-corrected chi connectivity index (χ4v) is 1.29. The van der Waals surface area contributed by atoms with Crippen LogP contribution in [0.3, 0.4) is 0 Å². The summed E-state index contributed by atoms with van der Waals surface area (Å²) in [6.45, 7) is 1.20. The molecule has 0 atom stereocenters. The second kappa shape index (κ2) is 4.78.